The van der Waals surface area contributed by atoms with Crippen LogP contribution in [0.4, 0.5) is 14.6 Å². The Labute approximate surface area is 216 Å². The van der Waals surface area contributed by atoms with Gasteiger partial charge in [0.25, 0.3) is 5.91 Å². The SMILES string of the molecule is O=C(NC1CCCC(Nc2cc(-c3ccccc3)nc(-c3c[nH]c4c(F)cc(F)cc34)n2)C1)c1cn[nH]n1. The Morgan fingerprint density at radius 2 is 1.87 bits per heavy atom. The lowest BCUT2D eigenvalue weighted by molar-refractivity contribution is 0.0921. The first kappa shape index (κ1) is 23.7. The topological polar surface area (TPSA) is 124 Å². The number of aromatic nitrogens is 6. The van der Waals surface area contributed by atoms with Crippen molar-refractivity contribution >= 4 is 22.6 Å². The average Bonchev–Trinajstić information content (AvgIpc) is 3.60. The van der Waals surface area contributed by atoms with Gasteiger partial charge in [-0.1, -0.05) is 30.3 Å². The molecule has 1 aliphatic rings. The molecule has 0 spiro atoms. The van der Waals surface area contributed by atoms with Crippen molar-refractivity contribution in [1.29, 1.82) is 0 Å². The van der Waals surface area contributed by atoms with Gasteiger partial charge in [-0.15, -0.1) is 0 Å². The Kier molecular flexibility index (Phi) is 6.24. The van der Waals surface area contributed by atoms with Crippen LogP contribution in [0, 0.1) is 11.6 Å². The van der Waals surface area contributed by atoms with Crippen LogP contribution < -0.4 is 10.6 Å². The summed E-state index contributed by atoms with van der Waals surface area (Å²) in [5, 5.41) is 16.9. The van der Waals surface area contributed by atoms with E-state index in [1.807, 2.05) is 36.4 Å². The normalized spacial score (nSPS) is 17.4. The number of nitrogens with one attached hydrogen (secondary N) is 4. The van der Waals surface area contributed by atoms with E-state index in [0.717, 1.165) is 30.9 Å². The van der Waals surface area contributed by atoms with Gasteiger partial charge in [-0.05, 0) is 31.7 Å². The number of halogens is 2. The van der Waals surface area contributed by atoms with E-state index < -0.39 is 11.6 Å². The number of H-pyrrole nitrogens is 2. The van der Waals surface area contributed by atoms with E-state index in [-0.39, 0.29) is 29.2 Å². The molecular formula is C27H24F2N8O. The van der Waals surface area contributed by atoms with Crippen LogP contribution in [0.5, 0.6) is 0 Å². The highest BCUT2D eigenvalue weighted by Gasteiger charge is 2.25. The maximum absolute atomic E-state index is 14.4. The number of carbonyl (C=O) groups is 1. The number of carbonyl (C=O) groups excluding carboxylic acids is 1. The van der Waals surface area contributed by atoms with Crippen molar-refractivity contribution in [3.8, 4) is 22.6 Å². The summed E-state index contributed by atoms with van der Waals surface area (Å²) in [6.07, 6.45) is 6.37. The molecule has 5 aromatic rings. The maximum atomic E-state index is 14.4. The maximum Gasteiger partial charge on any atom is 0.273 e. The molecule has 192 valence electrons. The lowest BCUT2D eigenvalue weighted by atomic mass is 9.91. The van der Waals surface area contributed by atoms with Gasteiger partial charge in [0.2, 0.25) is 0 Å². The number of benzene rings is 2. The minimum Gasteiger partial charge on any atom is -0.367 e. The lowest BCUT2D eigenvalue weighted by Crippen LogP contribution is -2.42. The summed E-state index contributed by atoms with van der Waals surface area (Å²) < 4.78 is 28.4. The molecule has 2 atom stereocenters. The summed E-state index contributed by atoms with van der Waals surface area (Å²) in [6.45, 7) is 0. The molecule has 0 aliphatic heterocycles. The molecular weight excluding hydrogens is 490 g/mol. The van der Waals surface area contributed by atoms with Crippen LogP contribution in [0.3, 0.4) is 0 Å². The van der Waals surface area contributed by atoms with E-state index in [1.165, 1.54) is 12.3 Å². The van der Waals surface area contributed by atoms with E-state index in [0.29, 0.717) is 34.7 Å². The second-order valence-electron chi connectivity index (χ2n) is 9.37. The summed E-state index contributed by atoms with van der Waals surface area (Å²) in [6, 6.07) is 13.7. The van der Waals surface area contributed by atoms with Gasteiger partial charge in [0, 0.05) is 46.9 Å². The van der Waals surface area contributed by atoms with Crippen molar-refractivity contribution in [1.82, 2.24) is 35.7 Å². The molecule has 0 radical (unpaired) electrons. The number of hydrogen-bond donors (Lipinski definition) is 4. The highest BCUT2D eigenvalue weighted by atomic mass is 19.1. The number of hydrogen-bond acceptors (Lipinski definition) is 6. The smallest absolute Gasteiger partial charge is 0.273 e. The fourth-order valence-electron chi connectivity index (χ4n) is 4.97. The van der Waals surface area contributed by atoms with Crippen LogP contribution in [0.15, 0.2) is 60.9 Å². The lowest BCUT2D eigenvalue weighted by Gasteiger charge is -2.30. The number of nitrogens with zero attached hydrogens (tertiary/aromatic N) is 4. The zero-order valence-electron chi connectivity index (χ0n) is 20.2. The van der Waals surface area contributed by atoms with Crippen molar-refractivity contribution in [2.45, 2.75) is 37.8 Å². The molecule has 2 unspecified atom stereocenters. The summed E-state index contributed by atoms with van der Waals surface area (Å²) in [5.74, 6) is -0.678. The van der Waals surface area contributed by atoms with Crippen LogP contribution in [0.25, 0.3) is 33.5 Å². The zero-order chi connectivity index (χ0) is 26.1. The van der Waals surface area contributed by atoms with E-state index in [2.05, 4.69) is 31.0 Å². The molecule has 2 aromatic carbocycles. The minimum atomic E-state index is -0.676. The molecule has 11 heteroatoms. The van der Waals surface area contributed by atoms with Crippen LogP contribution >= 0.6 is 0 Å². The molecule has 0 bridgehead atoms. The fraction of sp³-hybridized carbons (Fsp3) is 0.222. The predicted octanol–water partition coefficient (Wildman–Crippen LogP) is 4.84. The summed E-state index contributed by atoms with van der Waals surface area (Å²) in [5.41, 5.74) is 2.51. The standard InChI is InChI=1S/C27H24F2N8O/c28-16-9-19-20(13-30-25(19)21(29)10-16)26-34-22(15-5-2-1-3-6-15)12-24(35-26)32-17-7-4-8-18(11-17)33-27(38)23-14-31-37-36-23/h1-3,5-6,9-10,12-14,17-18,30H,4,7-8,11H2,(H,33,38)(H,31,36,37)(H,32,34,35). The molecule has 3 aromatic heterocycles. The predicted molar refractivity (Wildman–Crippen MR) is 138 cm³/mol. The molecule has 1 saturated carbocycles. The van der Waals surface area contributed by atoms with Crippen molar-refractivity contribution in [2.75, 3.05) is 5.32 Å². The van der Waals surface area contributed by atoms with E-state index in [4.69, 9.17) is 9.97 Å². The van der Waals surface area contributed by atoms with Crippen LogP contribution in [-0.4, -0.2) is 48.4 Å². The largest absolute Gasteiger partial charge is 0.367 e. The number of rotatable bonds is 6. The third-order valence-electron chi connectivity index (χ3n) is 6.75. The molecule has 1 fully saturated rings. The third-order valence-corrected chi connectivity index (χ3v) is 6.75. The molecule has 38 heavy (non-hydrogen) atoms. The molecule has 1 aliphatic carbocycles. The molecule has 0 saturated heterocycles. The number of fused-ring (bicyclic) bond motifs is 1. The molecule has 3 heterocycles. The highest BCUT2D eigenvalue weighted by Crippen LogP contribution is 2.32. The second kappa shape index (κ2) is 10.0. The highest BCUT2D eigenvalue weighted by molar-refractivity contribution is 5.94. The summed E-state index contributed by atoms with van der Waals surface area (Å²) >= 11 is 0. The molecule has 6 rings (SSSR count). The van der Waals surface area contributed by atoms with Gasteiger partial charge >= 0.3 is 0 Å². The van der Waals surface area contributed by atoms with E-state index in [1.54, 1.807) is 6.20 Å². The summed E-state index contributed by atoms with van der Waals surface area (Å²) in [4.78, 5) is 24.8. The van der Waals surface area contributed by atoms with Gasteiger partial charge in [-0.2, -0.15) is 15.4 Å². The monoisotopic (exact) mass is 514 g/mol. The fourth-order valence-corrected chi connectivity index (χ4v) is 4.97. The summed E-state index contributed by atoms with van der Waals surface area (Å²) in [7, 11) is 0. The van der Waals surface area contributed by atoms with Crippen molar-refractivity contribution in [3.05, 3.63) is 78.3 Å². The van der Waals surface area contributed by atoms with Crippen LogP contribution in [0.2, 0.25) is 0 Å². The zero-order valence-corrected chi connectivity index (χ0v) is 20.2. The van der Waals surface area contributed by atoms with Crippen molar-refractivity contribution in [2.24, 2.45) is 0 Å². The van der Waals surface area contributed by atoms with Gasteiger partial charge in [0.05, 0.1) is 17.4 Å². The third kappa shape index (κ3) is 4.82. The van der Waals surface area contributed by atoms with Gasteiger partial charge < -0.3 is 15.6 Å². The van der Waals surface area contributed by atoms with Crippen molar-refractivity contribution < 1.29 is 13.6 Å². The average molecular weight is 515 g/mol. The molecule has 1 amide bonds. The Hall–Kier alpha value is -4.67. The van der Waals surface area contributed by atoms with E-state index in [9.17, 15) is 13.6 Å². The van der Waals surface area contributed by atoms with Gasteiger partial charge in [-0.25, -0.2) is 18.7 Å². The minimum absolute atomic E-state index is 0.0279. The van der Waals surface area contributed by atoms with Gasteiger partial charge in [-0.3, -0.25) is 4.79 Å². The Bertz CT molecular complexity index is 1590. The first-order valence-corrected chi connectivity index (χ1v) is 12.4. The second-order valence-corrected chi connectivity index (χ2v) is 9.37. The van der Waals surface area contributed by atoms with Gasteiger partial charge in [0.15, 0.2) is 11.5 Å². The quantitative estimate of drug-likeness (QED) is 0.257. The van der Waals surface area contributed by atoms with Crippen molar-refractivity contribution in [3.63, 3.8) is 0 Å². The Morgan fingerprint density at radius 1 is 1.03 bits per heavy atom. The number of aromatic amines is 2. The Morgan fingerprint density at radius 3 is 2.68 bits per heavy atom. The van der Waals surface area contributed by atoms with Gasteiger partial charge in [0.1, 0.15) is 17.5 Å². The van der Waals surface area contributed by atoms with E-state index >= 15 is 0 Å². The Balaban J connectivity index is 1.31. The number of amides is 1. The first-order valence-electron chi connectivity index (χ1n) is 12.4. The molecule has 4 N–H and O–H groups in total. The van der Waals surface area contributed by atoms with Crippen LogP contribution in [-0.2, 0) is 0 Å². The van der Waals surface area contributed by atoms with Crippen LogP contribution in [0.1, 0.15) is 36.2 Å². The molecule has 9 nitrogen and oxygen atoms in total. The first-order chi connectivity index (χ1) is 18.5. The number of anilines is 1.